The van der Waals surface area contributed by atoms with Crippen molar-refractivity contribution in [1.82, 2.24) is 0 Å². The first-order chi connectivity index (χ1) is 8.37. The lowest BCUT2D eigenvalue weighted by Gasteiger charge is -2.13. The molecule has 2 rings (SSSR count). The van der Waals surface area contributed by atoms with Gasteiger partial charge in [0, 0.05) is 22.3 Å². The molecule has 1 aliphatic heterocycles. The van der Waals surface area contributed by atoms with Gasteiger partial charge >= 0.3 is 0 Å². The third-order valence-corrected chi connectivity index (χ3v) is 4.11. The maximum atomic E-state index is 11.2. The van der Waals surface area contributed by atoms with E-state index in [4.69, 9.17) is 5.73 Å². The van der Waals surface area contributed by atoms with Gasteiger partial charge in [0.05, 0.1) is 11.8 Å². The number of benzene rings is 1. The van der Waals surface area contributed by atoms with Crippen molar-refractivity contribution in [3.63, 3.8) is 0 Å². The lowest BCUT2D eigenvalue weighted by Crippen LogP contribution is -2.21. The molecule has 0 radical (unpaired) electrons. The molecule has 0 amide bonds. The van der Waals surface area contributed by atoms with Crippen molar-refractivity contribution in [2.24, 2.45) is 0 Å². The van der Waals surface area contributed by atoms with Gasteiger partial charge in [0.25, 0.3) is 0 Å². The number of nitrogen functional groups attached to an aromatic ring is 1. The van der Waals surface area contributed by atoms with Gasteiger partial charge in [-0.1, -0.05) is 6.08 Å². The summed E-state index contributed by atoms with van der Waals surface area (Å²) < 4.78 is 22.5. The van der Waals surface area contributed by atoms with E-state index in [1.807, 2.05) is 0 Å². The third-order valence-electron chi connectivity index (χ3n) is 2.71. The molecule has 0 saturated heterocycles. The average molecular weight is 266 g/mol. The molecule has 6 heteroatoms. The number of hydrogen-bond donors (Lipinski definition) is 2. The van der Waals surface area contributed by atoms with Crippen LogP contribution in [-0.2, 0) is 9.84 Å². The van der Waals surface area contributed by atoms with Gasteiger partial charge in [-0.05, 0) is 25.1 Å². The van der Waals surface area contributed by atoms with Crippen LogP contribution in [0.25, 0.3) is 0 Å². The smallest absolute Gasteiger partial charge is 0.173 e. The summed E-state index contributed by atoms with van der Waals surface area (Å²) in [5.41, 5.74) is 7.31. The summed E-state index contributed by atoms with van der Waals surface area (Å²) in [5, 5.41) is 4.25. The Kier molecular flexibility index (Phi) is 3.13. The molecule has 0 aromatic heterocycles. The van der Waals surface area contributed by atoms with Gasteiger partial charge in [-0.25, -0.2) is 8.42 Å². The number of hydrogen-bond acceptors (Lipinski definition) is 5. The minimum Gasteiger partial charge on any atom is -0.398 e. The molecule has 1 aromatic rings. The van der Waals surface area contributed by atoms with Crippen molar-refractivity contribution in [3.05, 3.63) is 35.2 Å². The van der Waals surface area contributed by atoms with Crippen LogP contribution in [0.2, 0.25) is 0 Å². The van der Waals surface area contributed by atoms with Crippen LogP contribution >= 0.6 is 0 Å². The van der Waals surface area contributed by atoms with Gasteiger partial charge in [-0.15, -0.1) is 0 Å². The Bertz CT molecular complexity index is 620. The summed E-state index contributed by atoms with van der Waals surface area (Å²) in [6.07, 6.45) is 1.60. The summed E-state index contributed by atoms with van der Waals surface area (Å²) in [4.78, 5) is 11.2. The molecule has 1 unspecified atom stereocenters. The summed E-state index contributed by atoms with van der Waals surface area (Å²) in [5.74, 6) is -0.0520. The predicted molar refractivity (Wildman–Crippen MR) is 71.2 cm³/mol. The number of carbonyl (C=O) groups excluding carboxylic acids is 1. The number of Topliss-reactive ketones (excluding diaryl/α,β-unsaturated/α-hetero) is 1. The quantitative estimate of drug-likeness (QED) is 0.633. The van der Waals surface area contributed by atoms with Crippen molar-refractivity contribution < 1.29 is 13.2 Å². The second-order valence-corrected chi connectivity index (χ2v) is 6.20. The van der Waals surface area contributed by atoms with Gasteiger partial charge in [0.15, 0.2) is 15.6 Å². The zero-order valence-corrected chi connectivity index (χ0v) is 10.7. The molecule has 18 heavy (non-hydrogen) atoms. The summed E-state index contributed by atoms with van der Waals surface area (Å²) in [6.45, 7) is 1.45. The number of carbonyl (C=O) groups is 1. The Balaban J connectivity index is 2.15. The maximum Gasteiger partial charge on any atom is 0.173 e. The summed E-state index contributed by atoms with van der Waals surface area (Å²) in [7, 11) is -3.08. The fraction of sp³-hybridized carbons (Fsp3) is 0.250. The van der Waals surface area contributed by atoms with E-state index in [1.54, 1.807) is 24.3 Å². The highest BCUT2D eigenvalue weighted by Gasteiger charge is 2.21. The van der Waals surface area contributed by atoms with E-state index in [1.165, 1.54) is 12.3 Å². The molecule has 96 valence electrons. The standard InChI is InChI=1S/C12H14N2O3S/c1-8(15)11-3-2-9(6-12(11)13)14-10-4-5-18(16,17)7-10/h2-6,10,14H,7,13H2,1H3. The minimum absolute atomic E-state index is 0.0430. The number of rotatable bonds is 3. The lowest BCUT2D eigenvalue weighted by molar-refractivity contribution is 0.101. The van der Waals surface area contributed by atoms with Crippen LogP contribution in [-0.4, -0.2) is 26.0 Å². The maximum absolute atomic E-state index is 11.2. The lowest BCUT2D eigenvalue weighted by atomic mass is 10.1. The molecule has 3 N–H and O–H groups in total. The Morgan fingerprint density at radius 3 is 2.67 bits per heavy atom. The van der Waals surface area contributed by atoms with Gasteiger partial charge in [0.1, 0.15) is 0 Å². The molecule has 0 bridgehead atoms. The molecule has 1 heterocycles. The molecular formula is C12H14N2O3S. The number of sulfone groups is 1. The van der Waals surface area contributed by atoms with Crippen LogP contribution in [0.3, 0.4) is 0 Å². The molecule has 0 aliphatic carbocycles. The zero-order chi connectivity index (χ0) is 13.3. The molecule has 0 spiro atoms. The van der Waals surface area contributed by atoms with Crippen molar-refractivity contribution >= 4 is 27.0 Å². The van der Waals surface area contributed by atoms with Crippen molar-refractivity contribution in [2.75, 3.05) is 16.8 Å². The minimum atomic E-state index is -3.08. The Hall–Kier alpha value is -1.82. The van der Waals surface area contributed by atoms with Gasteiger partial charge in [-0.2, -0.15) is 0 Å². The Morgan fingerprint density at radius 1 is 1.44 bits per heavy atom. The van der Waals surface area contributed by atoms with E-state index in [0.717, 1.165) is 0 Å². The fourth-order valence-corrected chi connectivity index (χ4v) is 3.09. The number of nitrogens with two attached hydrogens (primary N) is 1. The SMILES string of the molecule is CC(=O)c1ccc(NC2C=CS(=O)(=O)C2)cc1N. The van der Waals surface area contributed by atoms with Gasteiger partial charge < -0.3 is 11.1 Å². The molecule has 0 fully saturated rings. The van der Waals surface area contributed by atoms with Crippen LogP contribution in [0.15, 0.2) is 29.7 Å². The predicted octanol–water partition coefficient (Wildman–Crippen LogP) is 1.19. The first-order valence-electron chi connectivity index (χ1n) is 5.45. The summed E-state index contributed by atoms with van der Waals surface area (Å²) in [6, 6.07) is 4.73. The van der Waals surface area contributed by atoms with Crippen LogP contribution in [0, 0.1) is 0 Å². The molecule has 1 aliphatic rings. The van der Waals surface area contributed by atoms with Gasteiger partial charge in [-0.3, -0.25) is 4.79 Å². The van der Waals surface area contributed by atoms with Crippen LogP contribution in [0.4, 0.5) is 11.4 Å². The van der Waals surface area contributed by atoms with E-state index in [0.29, 0.717) is 16.9 Å². The zero-order valence-electron chi connectivity index (χ0n) is 9.88. The van der Waals surface area contributed by atoms with E-state index in [2.05, 4.69) is 5.32 Å². The first kappa shape index (κ1) is 12.6. The number of anilines is 2. The second kappa shape index (κ2) is 4.45. The number of nitrogens with one attached hydrogen (secondary N) is 1. The van der Waals surface area contributed by atoms with Gasteiger partial charge in [0.2, 0.25) is 0 Å². The van der Waals surface area contributed by atoms with Crippen molar-refractivity contribution in [1.29, 1.82) is 0 Å². The fourth-order valence-electron chi connectivity index (χ4n) is 1.85. The molecule has 5 nitrogen and oxygen atoms in total. The topological polar surface area (TPSA) is 89.3 Å². The van der Waals surface area contributed by atoms with Crippen LogP contribution in [0.5, 0.6) is 0 Å². The van der Waals surface area contributed by atoms with Crippen molar-refractivity contribution in [2.45, 2.75) is 13.0 Å². The molecule has 0 saturated carbocycles. The molecule has 1 atom stereocenters. The van der Waals surface area contributed by atoms with Crippen LogP contribution < -0.4 is 11.1 Å². The average Bonchev–Trinajstić information content (AvgIpc) is 2.57. The largest absolute Gasteiger partial charge is 0.398 e. The molecule has 1 aromatic carbocycles. The first-order valence-corrected chi connectivity index (χ1v) is 7.17. The van der Waals surface area contributed by atoms with Crippen molar-refractivity contribution in [3.8, 4) is 0 Å². The van der Waals surface area contributed by atoms with E-state index in [9.17, 15) is 13.2 Å². The number of ketones is 1. The monoisotopic (exact) mass is 266 g/mol. The highest BCUT2D eigenvalue weighted by Crippen LogP contribution is 2.21. The van der Waals surface area contributed by atoms with E-state index in [-0.39, 0.29) is 17.6 Å². The second-order valence-electron chi connectivity index (χ2n) is 4.27. The Morgan fingerprint density at radius 2 is 2.17 bits per heavy atom. The Labute approximate surface area is 106 Å². The van der Waals surface area contributed by atoms with E-state index >= 15 is 0 Å². The third kappa shape index (κ3) is 2.70. The normalized spacial score (nSPS) is 20.8. The highest BCUT2D eigenvalue weighted by molar-refractivity contribution is 7.94. The van der Waals surface area contributed by atoms with Crippen LogP contribution in [0.1, 0.15) is 17.3 Å². The van der Waals surface area contributed by atoms with E-state index < -0.39 is 9.84 Å². The summed E-state index contributed by atoms with van der Waals surface area (Å²) >= 11 is 0. The molecular weight excluding hydrogens is 252 g/mol. The highest BCUT2D eigenvalue weighted by atomic mass is 32.2.